The van der Waals surface area contributed by atoms with Crippen molar-refractivity contribution >= 4 is 31.5 Å². The first kappa shape index (κ1) is 15.0. The van der Waals surface area contributed by atoms with Gasteiger partial charge in [-0.3, -0.25) is 0 Å². The zero-order chi connectivity index (χ0) is 14.9. The number of benzene rings is 2. The molecular weight excluding hydrogens is 345 g/mol. The number of rotatable bonds is 3. The lowest BCUT2D eigenvalue weighted by molar-refractivity contribution is 0.586. The van der Waals surface area contributed by atoms with E-state index in [2.05, 4.69) is 15.9 Å². The summed E-state index contributed by atoms with van der Waals surface area (Å²) in [5, 5.41) is 0. The van der Waals surface area contributed by atoms with Gasteiger partial charge in [-0.05, 0) is 36.8 Å². The highest BCUT2D eigenvalue weighted by molar-refractivity contribution is 9.10. The third kappa shape index (κ3) is 3.19. The molecule has 0 radical (unpaired) electrons. The summed E-state index contributed by atoms with van der Waals surface area (Å²) < 4.78 is 39.1. The Hall–Kier alpha value is -1.40. The lowest BCUT2D eigenvalue weighted by Crippen LogP contribution is -2.08. The molecule has 2 aromatic rings. The second-order valence-electron chi connectivity index (χ2n) is 4.52. The molecule has 0 atom stereocenters. The molecule has 0 heterocycles. The maximum Gasteiger partial charge on any atom is 0.182 e. The molecule has 3 nitrogen and oxygen atoms in total. The van der Waals surface area contributed by atoms with Crippen LogP contribution in [-0.4, -0.2) is 8.42 Å². The summed E-state index contributed by atoms with van der Waals surface area (Å²) in [7, 11) is -3.64. The Morgan fingerprint density at radius 2 is 1.90 bits per heavy atom. The third-order valence-corrected chi connectivity index (χ3v) is 5.20. The zero-order valence-electron chi connectivity index (χ0n) is 10.7. The van der Waals surface area contributed by atoms with Gasteiger partial charge in [0.15, 0.2) is 9.84 Å². The van der Waals surface area contributed by atoms with E-state index in [-0.39, 0.29) is 10.5 Å². The predicted molar refractivity (Wildman–Crippen MR) is 80.6 cm³/mol. The van der Waals surface area contributed by atoms with Crippen molar-refractivity contribution in [2.75, 3.05) is 5.73 Å². The van der Waals surface area contributed by atoms with Crippen LogP contribution in [0.4, 0.5) is 10.1 Å². The average molecular weight is 358 g/mol. The van der Waals surface area contributed by atoms with Crippen molar-refractivity contribution in [3.05, 3.63) is 57.8 Å². The standard InChI is InChI=1S/C14H13BrFNO2S/c1-9-2-5-12(17)7-14(9)20(18,19)8-10-3-4-11(15)6-13(10)16/h2-7H,8,17H2,1H3. The second-order valence-corrected chi connectivity index (χ2v) is 7.39. The minimum absolute atomic E-state index is 0.134. The SMILES string of the molecule is Cc1ccc(N)cc1S(=O)(=O)Cc1ccc(Br)cc1F. The summed E-state index contributed by atoms with van der Waals surface area (Å²) in [5.41, 5.74) is 6.72. The first-order chi connectivity index (χ1) is 9.29. The number of anilines is 1. The largest absolute Gasteiger partial charge is 0.399 e. The summed E-state index contributed by atoms with van der Waals surface area (Å²) in [6, 6.07) is 8.99. The van der Waals surface area contributed by atoms with Crippen LogP contribution in [0.15, 0.2) is 45.8 Å². The van der Waals surface area contributed by atoms with Gasteiger partial charge >= 0.3 is 0 Å². The van der Waals surface area contributed by atoms with Crippen LogP contribution in [0.25, 0.3) is 0 Å². The molecule has 0 saturated carbocycles. The van der Waals surface area contributed by atoms with Crippen molar-refractivity contribution in [3.8, 4) is 0 Å². The first-order valence-electron chi connectivity index (χ1n) is 5.82. The van der Waals surface area contributed by atoms with Crippen molar-refractivity contribution in [2.24, 2.45) is 0 Å². The van der Waals surface area contributed by atoms with E-state index in [1.54, 1.807) is 25.1 Å². The maximum absolute atomic E-state index is 13.8. The molecule has 106 valence electrons. The molecule has 0 aliphatic carbocycles. The van der Waals surface area contributed by atoms with Crippen LogP contribution in [0.2, 0.25) is 0 Å². The lowest BCUT2D eigenvalue weighted by Gasteiger charge is -2.09. The highest BCUT2D eigenvalue weighted by Crippen LogP contribution is 2.24. The zero-order valence-corrected chi connectivity index (χ0v) is 13.1. The molecule has 2 rings (SSSR count). The number of nitrogen functional groups attached to an aromatic ring is 1. The molecule has 2 N–H and O–H groups in total. The van der Waals surface area contributed by atoms with Crippen LogP contribution < -0.4 is 5.73 Å². The van der Waals surface area contributed by atoms with E-state index in [1.807, 2.05) is 0 Å². The van der Waals surface area contributed by atoms with E-state index in [4.69, 9.17) is 5.73 Å². The highest BCUT2D eigenvalue weighted by atomic mass is 79.9. The molecule has 0 aliphatic rings. The monoisotopic (exact) mass is 357 g/mol. The smallest absolute Gasteiger partial charge is 0.182 e. The summed E-state index contributed by atoms with van der Waals surface area (Å²) in [5.74, 6) is -0.944. The van der Waals surface area contributed by atoms with Crippen molar-refractivity contribution in [3.63, 3.8) is 0 Å². The fourth-order valence-electron chi connectivity index (χ4n) is 1.87. The fraction of sp³-hybridized carbons (Fsp3) is 0.143. The number of sulfone groups is 1. The molecule has 0 fully saturated rings. The van der Waals surface area contributed by atoms with Gasteiger partial charge in [0.25, 0.3) is 0 Å². The molecule has 0 spiro atoms. The molecular formula is C14H13BrFNO2S. The van der Waals surface area contributed by atoms with Gasteiger partial charge in [0.05, 0.1) is 10.6 Å². The molecule has 0 amide bonds. The summed E-state index contributed by atoms with van der Waals surface area (Å²) >= 11 is 3.14. The van der Waals surface area contributed by atoms with Crippen LogP contribution in [0, 0.1) is 12.7 Å². The van der Waals surface area contributed by atoms with E-state index in [9.17, 15) is 12.8 Å². The molecule has 0 saturated heterocycles. The van der Waals surface area contributed by atoms with E-state index in [1.165, 1.54) is 18.2 Å². The quantitative estimate of drug-likeness (QED) is 0.855. The Kier molecular flexibility index (Phi) is 4.15. The van der Waals surface area contributed by atoms with Gasteiger partial charge in [0.2, 0.25) is 0 Å². The molecule has 6 heteroatoms. The molecule has 0 aliphatic heterocycles. The van der Waals surface area contributed by atoms with Crippen LogP contribution in [-0.2, 0) is 15.6 Å². The fourth-order valence-corrected chi connectivity index (χ4v) is 3.88. The molecule has 0 bridgehead atoms. The Morgan fingerprint density at radius 3 is 2.55 bits per heavy atom. The average Bonchev–Trinajstić information content (AvgIpc) is 2.35. The van der Waals surface area contributed by atoms with Gasteiger partial charge in [-0.15, -0.1) is 0 Å². The van der Waals surface area contributed by atoms with Crippen molar-refractivity contribution in [2.45, 2.75) is 17.6 Å². The molecule has 0 unspecified atom stereocenters. The highest BCUT2D eigenvalue weighted by Gasteiger charge is 2.20. The van der Waals surface area contributed by atoms with Gasteiger partial charge in [-0.25, -0.2) is 12.8 Å². The summed E-state index contributed by atoms with van der Waals surface area (Å²) in [6.45, 7) is 1.68. The minimum atomic E-state index is -3.64. The van der Waals surface area contributed by atoms with Gasteiger partial charge in [-0.2, -0.15) is 0 Å². The van der Waals surface area contributed by atoms with Crippen LogP contribution in [0.5, 0.6) is 0 Å². The molecule has 2 aromatic carbocycles. The van der Waals surface area contributed by atoms with Gasteiger partial charge < -0.3 is 5.73 Å². The van der Waals surface area contributed by atoms with Crippen LogP contribution in [0.1, 0.15) is 11.1 Å². The van der Waals surface area contributed by atoms with Gasteiger partial charge in [-0.1, -0.05) is 28.1 Å². The number of nitrogens with two attached hydrogens (primary N) is 1. The molecule has 20 heavy (non-hydrogen) atoms. The maximum atomic E-state index is 13.8. The molecule has 0 aromatic heterocycles. The number of hydrogen-bond acceptors (Lipinski definition) is 3. The topological polar surface area (TPSA) is 60.2 Å². The van der Waals surface area contributed by atoms with Gasteiger partial charge in [0.1, 0.15) is 5.82 Å². The van der Waals surface area contributed by atoms with E-state index >= 15 is 0 Å². The Labute approximate surface area is 125 Å². The van der Waals surface area contributed by atoms with Crippen LogP contribution >= 0.6 is 15.9 Å². The second kappa shape index (κ2) is 5.54. The van der Waals surface area contributed by atoms with Crippen LogP contribution in [0.3, 0.4) is 0 Å². The summed E-state index contributed by atoms with van der Waals surface area (Å²) in [6.07, 6.45) is 0. The van der Waals surface area contributed by atoms with E-state index < -0.39 is 21.4 Å². The van der Waals surface area contributed by atoms with Gasteiger partial charge in [0, 0.05) is 15.7 Å². The van der Waals surface area contributed by atoms with E-state index in [0.29, 0.717) is 15.7 Å². The Bertz CT molecular complexity index is 760. The third-order valence-electron chi connectivity index (χ3n) is 2.91. The van der Waals surface area contributed by atoms with Crippen molar-refractivity contribution in [1.82, 2.24) is 0 Å². The Morgan fingerprint density at radius 1 is 1.20 bits per heavy atom. The normalized spacial score (nSPS) is 11.6. The summed E-state index contributed by atoms with van der Waals surface area (Å²) in [4.78, 5) is 0.139. The number of halogens is 2. The Balaban J connectivity index is 2.43. The number of aryl methyl sites for hydroxylation is 1. The van der Waals surface area contributed by atoms with Crippen molar-refractivity contribution in [1.29, 1.82) is 0 Å². The number of hydrogen-bond donors (Lipinski definition) is 1. The first-order valence-corrected chi connectivity index (χ1v) is 8.27. The minimum Gasteiger partial charge on any atom is -0.399 e. The predicted octanol–water partition coefficient (Wildman–Crippen LogP) is 3.45. The van der Waals surface area contributed by atoms with Crippen molar-refractivity contribution < 1.29 is 12.8 Å². The lowest BCUT2D eigenvalue weighted by atomic mass is 10.2. The van der Waals surface area contributed by atoms with E-state index in [0.717, 1.165) is 0 Å².